The summed E-state index contributed by atoms with van der Waals surface area (Å²) in [5.74, 6) is 0. The van der Waals surface area contributed by atoms with Crippen molar-refractivity contribution in [2.75, 3.05) is 0 Å². The first-order chi connectivity index (χ1) is 0. The van der Waals surface area contributed by atoms with Gasteiger partial charge in [-0.05, 0) is 0 Å². The Bertz CT molecular complexity index is 0. The van der Waals surface area contributed by atoms with E-state index in [2.05, 4.69) is 0 Å². The zero-order valence-electron chi connectivity index (χ0n) is 4.24. The van der Waals surface area contributed by atoms with Crippen LogP contribution in [0.1, 0.15) is 0 Å². The average molecular weight is 2280 g/mol. The third-order valence-corrected chi connectivity index (χ3v) is 0. The molecule has 0 radical (unpaired) electrons. The summed E-state index contributed by atoms with van der Waals surface area (Å²) >= 11 is 0. The summed E-state index contributed by atoms with van der Waals surface area (Å²) in [5, 5.41) is 0. The fraction of sp³-hybridized carbons (Fsp3) is 0. The van der Waals surface area contributed by atoms with Crippen molar-refractivity contribution in [3.63, 3.8) is 0 Å². The Morgan fingerprint density at radius 1 is 0.0833 bits per heavy atom. The Morgan fingerprint density at radius 3 is 0.0833 bits per heavy atom. The molecule has 0 rings (SSSR count). The van der Waals surface area contributed by atoms with E-state index in [1.165, 1.54) is 0 Å². The molecule has 0 N–H and O–H groups in total. The topological polar surface area (TPSA) is 0 Å². The molecule has 0 amide bonds. The first-order valence-electron chi connectivity index (χ1n) is 0. The summed E-state index contributed by atoms with van der Waals surface area (Å²) in [6.45, 7) is 0. The van der Waals surface area contributed by atoms with Crippen molar-refractivity contribution in [2.24, 2.45) is 0 Å². The minimum atomic E-state index is 0. The molecule has 0 saturated carbocycles. The molecule has 0 aromatic rings. The Morgan fingerprint density at radius 2 is 0.0833 bits per heavy atom. The molecule has 12 heteroatoms. The second-order valence-corrected chi connectivity index (χ2v) is 0. The van der Waals surface area contributed by atoms with Gasteiger partial charge in [-0.1, -0.05) is 0 Å². The van der Waals surface area contributed by atoms with Crippen molar-refractivity contribution in [2.45, 2.75) is 0 Å². The van der Waals surface area contributed by atoms with Gasteiger partial charge in [-0.2, -0.15) is 0 Å². The van der Waals surface area contributed by atoms with Gasteiger partial charge in [-0.25, -0.2) is 0 Å². The maximum atomic E-state index is 0. The van der Waals surface area contributed by atoms with E-state index in [0.29, 0.717) is 0 Å². The predicted molar refractivity (Wildman–Crippen MR) is 0 cm³/mol. The van der Waals surface area contributed by atoms with E-state index in [9.17, 15) is 0 Å². The van der Waals surface area contributed by atoms with E-state index < -0.39 is 0 Å². The first-order valence-corrected chi connectivity index (χ1v) is 0. The van der Waals surface area contributed by atoms with Crippen molar-refractivity contribution in [3.05, 3.63) is 0 Å². The molecule has 0 fully saturated rings. The third kappa shape index (κ3) is 83.7. The standard InChI is InChI=1S/12Os. The van der Waals surface area contributed by atoms with Crippen LogP contribution in [0.3, 0.4) is 0 Å². The second kappa shape index (κ2) is 99.4. The molecule has 0 aromatic carbocycles. The summed E-state index contributed by atoms with van der Waals surface area (Å²) in [4.78, 5) is 0. The number of hydrogen-bond donors (Lipinski definition) is 0. The van der Waals surface area contributed by atoms with Gasteiger partial charge in [0.1, 0.15) is 0 Å². The molecule has 0 aliphatic heterocycles. The molecule has 0 saturated heterocycles. The molecule has 0 spiro atoms. The van der Waals surface area contributed by atoms with Crippen LogP contribution < -0.4 is 0 Å². The van der Waals surface area contributed by atoms with Gasteiger partial charge in [0.15, 0.2) is 0 Å². The SMILES string of the molecule is [Os].[Os].[Os].[Os].[Os].[Os].[Os].[Os].[Os].[Os].[Os].[Os]. The maximum absolute atomic E-state index is 0. The van der Waals surface area contributed by atoms with Crippen molar-refractivity contribution in [1.29, 1.82) is 0 Å². The third-order valence-electron chi connectivity index (χ3n) is 0. The van der Waals surface area contributed by atoms with Gasteiger partial charge >= 0.3 is 0 Å². The van der Waals surface area contributed by atoms with E-state index in [1.54, 1.807) is 0 Å². The van der Waals surface area contributed by atoms with E-state index >= 15 is 0 Å². The predicted octanol–water partition coefficient (Wildman–Crippen LogP) is -0.0300. The van der Waals surface area contributed by atoms with Gasteiger partial charge in [-0.3, -0.25) is 0 Å². The van der Waals surface area contributed by atoms with Crippen LogP contribution in [0.15, 0.2) is 0 Å². The summed E-state index contributed by atoms with van der Waals surface area (Å²) in [6.07, 6.45) is 0. The van der Waals surface area contributed by atoms with Gasteiger partial charge in [0.05, 0.1) is 0 Å². The summed E-state index contributed by atoms with van der Waals surface area (Å²) in [6, 6.07) is 0. The van der Waals surface area contributed by atoms with Crippen LogP contribution in [0.25, 0.3) is 0 Å². The zero-order valence-corrected chi connectivity index (χ0v) is 34.7. The minimum Gasteiger partial charge on any atom is 0 e. The van der Waals surface area contributed by atoms with Crippen LogP contribution in [-0.2, 0) is 237 Å². The molecular weight excluding hydrogens is 2280 g/mol. The van der Waals surface area contributed by atoms with Crippen LogP contribution in [0.4, 0.5) is 0 Å². The van der Waals surface area contributed by atoms with Gasteiger partial charge in [0, 0.05) is 237 Å². The van der Waals surface area contributed by atoms with Crippen LogP contribution in [0, 0.1) is 0 Å². The molecule has 0 unspecified atom stereocenters. The van der Waals surface area contributed by atoms with E-state index in [0.717, 1.165) is 0 Å². The fourth-order valence-corrected chi connectivity index (χ4v) is 0. The Kier molecular flexibility index (Phi) is 969. The number of hydrogen-bond acceptors (Lipinski definition) is 0. The molecule has 0 aliphatic rings. The maximum Gasteiger partial charge on any atom is 0 e. The van der Waals surface area contributed by atoms with E-state index in [-0.39, 0.29) is 237 Å². The van der Waals surface area contributed by atoms with Gasteiger partial charge in [0.25, 0.3) is 0 Å². The molecule has 0 aliphatic carbocycles. The van der Waals surface area contributed by atoms with Crippen molar-refractivity contribution in [3.8, 4) is 0 Å². The smallest absolute Gasteiger partial charge is 0 e. The molecule has 96 valence electrons. The monoisotopic (exact) mass is 2300 g/mol. The molecule has 12 heavy (non-hydrogen) atoms. The summed E-state index contributed by atoms with van der Waals surface area (Å²) < 4.78 is 0. The van der Waals surface area contributed by atoms with Crippen LogP contribution in [0.2, 0.25) is 0 Å². The van der Waals surface area contributed by atoms with E-state index in [1.807, 2.05) is 0 Å². The van der Waals surface area contributed by atoms with Crippen LogP contribution >= 0.6 is 0 Å². The first kappa shape index (κ1) is 117. The van der Waals surface area contributed by atoms with Gasteiger partial charge in [-0.15, -0.1) is 0 Å². The van der Waals surface area contributed by atoms with Crippen molar-refractivity contribution >= 4 is 0 Å². The van der Waals surface area contributed by atoms with Gasteiger partial charge in [0.2, 0.25) is 0 Å². The van der Waals surface area contributed by atoms with Gasteiger partial charge < -0.3 is 0 Å². The van der Waals surface area contributed by atoms with Crippen molar-refractivity contribution in [1.82, 2.24) is 0 Å². The minimum absolute atomic E-state index is 0. The average Bonchev–Trinajstić information content (AvgIpc) is 0. The quantitative estimate of drug-likeness (QED) is 0.321. The van der Waals surface area contributed by atoms with Crippen LogP contribution in [0.5, 0.6) is 0 Å². The Hall–Kier alpha value is 7.64. The second-order valence-electron chi connectivity index (χ2n) is 0. The Balaban J connectivity index is 0. The van der Waals surface area contributed by atoms with E-state index in [4.69, 9.17) is 0 Å². The normalized spacial score (nSPS) is 0. The molecule has 0 heterocycles. The molecular formula is Os12. The zero-order chi connectivity index (χ0) is 0. The largest absolute Gasteiger partial charge is 0 e. The summed E-state index contributed by atoms with van der Waals surface area (Å²) in [7, 11) is 0. The molecule has 0 bridgehead atoms. The summed E-state index contributed by atoms with van der Waals surface area (Å²) in [5.41, 5.74) is 0. The number of rotatable bonds is 0. The van der Waals surface area contributed by atoms with Crippen molar-refractivity contribution < 1.29 is 237 Å². The molecule has 0 aromatic heterocycles. The fourth-order valence-electron chi connectivity index (χ4n) is 0. The Labute approximate surface area is 232 Å². The van der Waals surface area contributed by atoms with Crippen LogP contribution in [-0.4, -0.2) is 0 Å². The molecule has 0 nitrogen and oxygen atoms in total. The molecule has 0 atom stereocenters.